The van der Waals surface area contributed by atoms with Crippen LogP contribution in [-0.4, -0.2) is 124 Å². The van der Waals surface area contributed by atoms with Crippen molar-refractivity contribution >= 4 is 0 Å². The van der Waals surface area contributed by atoms with Crippen molar-refractivity contribution < 1.29 is 47.7 Å². The molecule has 0 aromatic heterocycles. The first-order valence-electron chi connectivity index (χ1n) is 20.8. The van der Waals surface area contributed by atoms with E-state index in [1.807, 2.05) is 0 Å². The zero-order chi connectivity index (χ0) is 37.3. The molecule has 1 rings (SSSR count). The van der Waals surface area contributed by atoms with Crippen molar-refractivity contribution in [2.24, 2.45) is 0 Å². The molecule has 1 aromatic rings. The number of rotatable bonds is 43. The lowest BCUT2D eigenvalue weighted by molar-refractivity contribution is -0.0242. The van der Waals surface area contributed by atoms with Crippen molar-refractivity contribution in [1.29, 1.82) is 0 Å². The number of ether oxygens (including phenoxy) is 9. The highest BCUT2D eigenvalue weighted by Gasteiger charge is 2.10. The SMILES string of the molecule is CCCCCCCCCc1cccc(OCCOCCOCCOCCOCCOCCOCCOCCOCCO)c1CCCCCCCCC. The summed E-state index contributed by atoms with van der Waals surface area (Å²) in [5.74, 6) is 1.04. The van der Waals surface area contributed by atoms with Crippen LogP contribution in [0.15, 0.2) is 18.2 Å². The second kappa shape index (κ2) is 40.8. The van der Waals surface area contributed by atoms with Gasteiger partial charge in [-0.2, -0.15) is 0 Å². The Labute approximate surface area is 317 Å². The Hall–Kier alpha value is -1.34. The fraction of sp³-hybridized carbons (Fsp3) is 0.857. The average molecular weight is 743 g/mol. The van der Waals surface area contributed by atoms with Crippen LogP contribution in [0.4, 0.5) is 0 Å². The van der Waals surface area contributed by atoms with E-state index < -0.39 is 0 Å². The summed E-state index contributed by atoms with van der Waals surface area (Å²) in [6.45, 7) is 13.2. The Bertz CT molecular complexity index is 843. The van der Waals surface area contributed by atoms with Gasteiger partial charge in [-0.3, -0.25) is 0 Å². The zero-order valence-corrected chi connectivity index (χ0v) is 33.4. The minimum absolute atomic E-state index is 0.0299. The van der Waals surface area contributed by atoms with Crippen LogP contribution in [0, 0.1) is 0 Å². The van der Waals surface area contributed by atoms with E-state index in [1.54, 1.807) is 0 Å². The minimum Gasteiger partial charge on any atom is -0.491 e. The normalized spacial score (nSPS) is 11.5. The maximum Gasteiger partial charge on any atom is 0.122 e. The molecule has 0 unspecified atom stereocenters. The topological polar surface area (TPSA) is 103 Å². The molecule has 0 aliphatic heterocycles. The molecule has 1 N–H and O–H groups in total. The Morgan fingerprint density at radius 2 is 0.731 bits per heavy atom. The lowest BCUT2D eigenvalue weighted by Crippen LogP contribution is -2.15. The Morgan fingerprint density at radius 3 is 1.13 bits per heavy atom. The predicted octanol–water partition coefficient (Wildman–Crippen LogP) is 7.78. The molecule has 306 valence electrons. The summed E-state index contributed by atoms with van der Waals surface area (Å²) in [5.41, 5.74) is 2.89. The van der Waals surface area contributed by atoms with Gasteiger partial charge in [0.1, 0.15) is 12.4 Å². The molecular formula is C42H78O10. The molecule has 0 atom stereocenters. The van der Waals surface area contributed by atoms with E-state index in [1.165, 1.54) is 101 Å². The molecule has 0 aliphatic rings. The molecule has 0 saturated carbocycles. The van der Waals surface area contributed by atoms with Gasteiger partial charge < -0.3 is 47.7 Å². The van der Waals surface area contributed by atoms with Gasteiger partial charge in [0.2, 0.25) is 0 Å². The van der Waals surface area contributed by atoms with Crippen molar-refractivity contribution in [3.05, 3.63) is 29.3 Å². The van der Waals surface area contributed by atoms with Crippen LogP contribution in [0.2, 0.25) is 0 Å². The monoisotopic (exact) mass is 743 g/mol. The van der Waals surface area contributed by atoms with E-state index in [9.17, 15) is 0 Å². The highest BCUT2D eigenvalue weighted by Crippen LogP contribution is 2.27. The van der Waals surface area contributed by atoms with E-state index >= 15 is 0 Å². The number of aryl methyl sites for hydroxylation is 1. The van der Waals surface area contributed by atoms with Crippen LogP contribution in [0.1, 0.15) is 115 Å². The van der Waals surface area contributed by atoms with Crippen LogP contribution < -0.4 is 4.74 Å². The third-order valence-electron chi connectivity index (χ3n) is 8.63. The summed E-state index contributed by atoms with van der Waals surface area (Å²) in [7, 11) is 0. The molecule has 0 spiro atoms. The third kappa shape index (κ3) is 32.1. The number of aliphatic hydroxyl groups excluding tert-OH is 1. The number of hydrogen-bond donors (Lipinski definition) is 1. The quantitative estimate of drug-likeness (QED) is 0.0668. The maximum absolute atomic E-state index is 8.62. The van der Waals surface area contributed by atoms with Crippen LogP contribution in [0.3, 0.4) is 0 Å². The number of hydrogen-bond acceptors (Lipinski definition) is 10. The standard InChI is InChI=1S/C42H78O10/c1-3-5-7-9-11-13-15-18-40-19-17-21-42(41(40)20-16-14-12-10-8-6-4-2)52-39-38-51-37-36-50-35-34-49-33-32-48-31-30-47-29-28-46-27-26-45-25-24-44-23-22-43/h17,19,21,43H,3-16,18,20,22-39H2,1-2H3. The van der Waals surface area contributed by atoms with Crippen molar-refractivity contribution in [3.8, 4) is 5.75 Å². The summed E-state index contributed by atoms with van der Waals surface area (Å²) >= 11 is 0. The van der Waals surface area contributed by atoms with Crippen molar-refractivity contribution in [2.75, 3.05) is 119 Å². The van der Waals surface area contributed by atoms with Gasteiger partial charge in [0, 0.05) is 0 Å². The Balaban J connectivity index is 2.05. The first-order valence-corrected chi connectivity index (χ1v) is 20.8. The molecule has 0 bridgehead atoms. The molecule has 52 heavy (non-hydrogen) atoms. The smallest absolute Gasteiger partial charge is 0.122 e. The van der Waals surface area contributed by atoms with E-state index in [0.29, 0.717) is 112 Å². The second-order valence-corrected chi connectivity index (χ2v) is 13.1. The van der Waals surface area contributed by atoms with Gasteiger partial charge in [0.25, 0.3) is 0 Å². The summed E-state index contributed by atoms with van der Waals surface area (Å²) in [4.78, 5) is 0. The van der Waals surface area contributed by atoms with Gasteiger partial charge in [0.15, 0.2) is 0 Å². The minimum atomic E-state index is 0.0299. The van der Waals surface area contributed by atoms with Gasteiger partial charge in [-0.05, 0) is 42.9 Å². The molecule has 0 saturated heterocycles. The molecule has 0 radical (unpaired) electrons. The predicted molar refractivity (Wildman–Crippen MR) is 209 cm³/mol. The average Bonchev–Trinajstić information content (AvgIpc) is 3.16. The molecule has 10 nitrogen and oxygen atoms in total. The number of unbranched alkanes of at least 4 members (excludes halogenated alkanes) is 12. The molecule has 0 heterocycles. The molecule has 0 amide bonds. The maximum atomic E-state index is 8.62. The van der Waals surface area contributed by atoms with E-state index in [2.05, 4.69) is 32.0 Å². The number of aliphatic hydroxyl groups is 1. The Kier molecular flexibility index (Phi) is 38.2. The number of benzene rings is 1. The van der Waals surface area contributed by atoms with Crippen molar-refractivity contribution in [3.63, 3.8) is 0 Å². The van der Waals surface area contributed by atoms with Gasteiger partial charge >= 0.3 is 0 Å². The van der Waals surface area contributed by atoms with Crippen LogP contribution in [0.5, 0.6) is 5.75 Å². The van der Waals surface area contributed by atoms with Gasteiger partial charge in [0.05, 0.1) is 112 Å². The lowest BCUT2D eigenvalue weighted by atomic mass is 9.95. The van der Waals surface area contributed by atoms with Crippen LogP contribution in [-0.2, 0) is 50.7 Å². The van der Waals surface area contributed by atoms with Crippen LogP contribution in [0.25, 0.3) is 0 Å². The van der Waals surface area contributed by atoms with Gasteiger partial charge in [-0.15, -0.1) is 0 Å². The summed E-state index contributed by atoms with van der Waals surface area (Å²) in [6.07, 6.45) is 20.9. The summed E-state index contributed by atoms with van der Waals surface area (Å²) < 4.78 is 50.2. The second-order valence-electron chi connectivity index (χ2n) is 13.1. The summed E-state index contributed by atoms with van der Waals surface area (Å²) in [5, 5.41) is 8.62. The fourth-order valence-corrected chi connectivity index (χ4v) is 5.71. The summed E-state index contributed by atoms with van der Waals surface area (Å²) in [6, 6.07) is 6.63. The Morgan fingerprint density at radius 1 is 0.385 bits per heavy atom. The van der Waals surface area contributed by atoms with Crippen molar-refractivity contribution in [1.82, 2.24) is 0 Å². The molecule has 0 fully saturated rings. The lowest BCUT2D eigenvalue weighted by Gasteiger charge is -2.16. The van der Waals surface area contributed by atoms with Gasteiger partial charge in [-0.1, -0.05) is 103 Å². The molecule has 0 aliphatic carbocycles. The van der Waals surface area contributed by atoms with Crippen LogP contribution >= 0.6 is 0 Å². The highest BCUT2D eigenvalue weighted by atomic mass is 16.6. The molecule has 1 aromatic carbocycles. The largest absolute Gasteiger partial charge is 0.491 e. The molecular weight excluding hydrogens is 664 g/mol. The fourth-order valence-electron chi connectivity index (χ4n) is 5.71. The molecule has 10 heteroatoms. The zero-order valence-electron chi connectivity index (χ0n) is 33.4. The first-order chi connectivity index (χ1) is 25.8. The van der Waals surface area contributed by atoms with Crippen molar-refractivity contribution in [2.45, 2.75) is 117 Å². The highest BCUT2D eigenvalue weighted by molar-refractivity contribution is 5.40. The van der Waals surface area contributed by atoms with E-state index in [0.717, 1.165) is 18.6 Å². The first kappa shape index (κ1) is 48.7. The van der Waals surface area contributed by atoms with Gasteiger partial charge in [-0.25, -0.2) is 0 Å². The third-order valence-corrected chi connectivity index (χ3v) is 8.63. The van der Waals surface area contributed by atoms with E-state index in [-0.39, 0.29) is 6.61 Å². The van der Waals surface area contributed by atoms with E-state index in [4.69, 9.17) is 47.7 Å².